The fourth-order valence-corrected chi connectivity index (χ4v) is 5.27. The van der Waals surface area contributed by atoms with E-state index < -0.39 is 29.9 Å². The number of hydrogen-bond acceptors (Lipinski definition) is 3. The smallest absolute Gasteiger partial charge is 0.341 e. The van der Waals surface area contributed by atoms with E-state index in [0.29, 0.717) is 36.5 Å². The minimum absolute atomic E-state index is 0.0960. The third-order valence-electron chi connectivity index (χ3n) is 7.03. The summed E-state index contributed by atoms with van der Waals surface area (Å²) in [6.45, 7) is 7.32. The van der Waals surface area contributed by atoms with E-state index in [1.54, 1.807) is 6.92 Å². The van der Waals surface area contributed by atoms with E-state index in [4.69, 9.17) is 0 Å². The maximum Gasteiger partial charge on any atom is 0.416 e. The molecule has 0 unspecified atom stereocenters. The van der Waals surface area contributed by atoms with E-state index in [9.17, 15) is 27.6 Å². The van der Waals surface area contributed by atoms with Gasteiger partial charge in [0.1, 0.15) is 6.04 Å². The molecule has 1 N–H and O–H groups in total. The van der Waals surface area contributed by atoms with Crippen molar-refractivity contribution in [2.45, 2.75) is 58.3 Å². The molecule has 7 nitrogen and oxygen atoms in total. The third-order valence-corrected chi connectivity index (χ3v) is 7.03. The Balaban J connectivity index is 1.69. The van der Waals surface area contributed by atoms with Gasteiger partial charge in [-0.15, -0.1) is 0 Å². The van der Waals surface area contributed by atoms with E-state index in [-0.39, 0.29) is 24.3 Å². The topological polar surface area (TPSA) is 73.0 Å². The van der Waals surface area contributed by atoms with E-state index in [1.807, 2.05) is 18.7 Å². The number of nitrogens with zero attached hydrogens (tertiary/aromatic N) is 3. The van der Waals surface area contributed by atoms with Crippen LogP contribution in [0.15, 0.2) is 35.5 Å². The van der Waals surface area contributed by atoms with Crippen LogP contribution in [0, 0.1) is 5.92 Å². The fourth-order valence-electron chi connectivity index (χ4n) is 5.27. The van der Waals surface area contributed by atoms with Crippen LogP contribution >= 0.6 is 0 Å². The highest BCUT2D eigenvalue weighted by Gasteiger charge is 2.48. The quantitative estimate of drug-likeness (QED) is 0.677. The van der Waals surface area contributed by atoms with E-state index in [2.05, 4.69) is 5.32 Å². The van der Waals surface area contributed by atoms with Gasteiger partial charge < -0.3 is 15.1 Å². The van der Waals surface area contributed by atoms with Crippen molar-refractivity contribution in [3.05, 3.63) is 46.7 Å². The molecule has 0 bridgehead atoms. The van der Waals surface area contributed by atoms with Crippen LogP contribution in [0.2, 0.25) is 0 Å². The van der Waals surface area contributed by atoms with Crippen LogP contribution in [0.4, 0.5) is 18.0 Å². The molecule has 35 heavy (non-hydrogen) atoms. The summed E-state index contributed by atoms with van der Waals surface area (Å²) in [5, 5.41) is 2.78. The number of amides is 4. The molecule has 3 aliphatic heterocycles. The average Bonchev–Trinajstić information content (AvgIpc) is 3.15. The van der Waals surface area contributed by atoms with E-state index in [0.717, 1.165) is 31.4 Å². The number of carbonyl (C=O) groups excluding carboxylic acids is 3. The Kier molecular flexibility index (Phi) is 6.83. The van der Waals surface area contributed by atoms with Crippen LogP contribution in [0.3, 0.4) is 0 Å². The highest BCUT2D eigenvalue weighted by molar-refractivity contribution is 6.03. The first-order valence-corrected chi connectivity index (χ1v) is 12.1. The van der Waals surface area contributed by atoms with Gasteiger partial charge in [0.05, 0.1) is 29.4 Å². The maximum absolute atomic E-state index is 13.8. The zero-order valence-electron chi connectivity index (χ0n) is 20.2. The molecule has 0 aromatic heterocycles. The summed E-state index contributed by atoms with van der Waals surface area (Å²) in [6, 6.07) is 2.47. The summed E-state index contributed by atoms with van der Waals surface area (Å²) in [5.41, 5.74) is 0.388. The number of nitrogens with one attached hydrogen (secondary N) is 1. The summed E-state index contributed by atoms with van der Waals surface area (Å²) in [5.74, 6) is -0.619. The average molecular weight is 493 g/mol. The van der Waals surface area contributed by atoms with Crippen molar-refractivity contribution in [3.63, 3.8) is 0 Å². The Morgan fingerprint density at radius 2 is 1.71 bits per heavy atom. The molecule has 0 aliphatic carbocycles. The van der Waals surface area contributed by atoms with E-state index in [1.165, 1.54) is 21.9 Å². The number of urea groups is 1. The second kappa shape index (κ2) is 9.54. The Bertz CT molecular complexity index is 1030. The van der Waals surface area contributed by atoms with Gasteiger partial charge >= 0.3 is 12.2 Å². The molecule has 0 saturated carbocycles. The largest absolute Gasteiger partial charge is 0.416 e. The number of likely N-dealkylation sites (tertiary alicyclic amines) is 1. The fraction of sp³-hybridized carbons (Fsp3) is 0.560. The van der Waals surface area contributed by atoms with Gasteiger partial charge in [0, 0.05) is 19.6 Å². The van der Waals surface area contributed by atoms with Crippen LogP contribution in [0.5, 0.6) is 0 Å². The van der Waals surface area contributed by atoms with Gasteiger partial charge in [-0.25, -0.2) is 4.79 Å². The predicted octanol–water partition coefficient (Wildman–Crippen LogP) is 3.93. The van der Waals surface area contributed by atoms with E-state index >= 15 is 0 Å². The highest BCUT2D eigenvalue weighted by Crippen LogP contribution is 2.39. The lowest BCUT2D eigenvalue weighted by molar-refractivity contribution is -0.145. The van der Waals surface area contributed by atoms with Crippen LogP contribution < -0.4 is 5.32 Å². The lowest BCUT2D eigenvalue weighted by atomic mass is 9.94. The standard InChI is InChI=1S/C25H31F3N4O3/c1-4-31-18-14-32(21(15(2)3)23(34)30-12-6-5-7-13-30)22(33)19(18)20(29-24(31)35)16-8-10-17(11-9-16)25(26,27)28/h8-11,15,20-21H,4-7,12-14H2,1-3H3,(H,29,35)/t20-,21-/m1/s1. The van der Waals surface area contributed by atoms with Crippen LogP contribution in [0.25, 0.3) is 0 Å². The second-order valence-corrected chi connectivity index (χ2v) is 9.61. The number of likely N-dealkylation sites (N-methyl/N-ethyl adjacent to an activating group) is 1. The van der Waals surface area contributed by atoms with Crippen LogP contribution in [-0.2, 0) is 15.8 Å². The van der Waals surface area contributed by atoms with Gasteiger partial charge in [0.2, 0.25) is 5.91 Å². The molecule has 1 saturated heterocycles. The molecular formula is C25H31F3N4O3. The monoisotopic (exact) mass is 492 g/mol. The maximum atomic E-state index is 13.8. The molecule has 1 fully saturated rings. The van der Waals surface area contributed by atoms with Crippen LogP contribution in [0.1, 0.15) is 57.2 Å². The molecule has 4 amide bonds. The third kappa shape index (κ3) is 4.62. The number of alkyl halides is 3. The zero-order valence-corrected chi connectivity index (χ0v) is 20.2. The normalized spacial score (nSPS) is 22.0. The number of halogens is 3. The minimum Gasteiger partial charge on any atom is -0.341 e. The Hall–Kier alpha value is -3.04. The molecule has 0 spiro atoms. The molecule has 4 rings (SSSR count). The number of carbonyl (C=O) groups is 3. The van der Waals surface area contributed by atoms with Crippen molar-refractivity contribution < 1.29 is 27.6 Å². The molecule has 10 heteroatoms. The molecule has 0 radical (unpaired) electrons. The highest BCUT2D eigenvalue weighted by atomic mass is 19.4. The predicted molar refractivity (Wildman–Crippen MR) is 123 cm³/mol. The molecule has 190 valence electrons. The Labute approximate surface area is 202 Å². The molecule has 2 atom stereocenters. The molecule has 3 heterocycles. The van der Waals surface area contributed by atoms with Crippen molar-refractivity contribution in [3.8, 4) is 0 Å². The number of benzene rings is 1. The van der Waals surface area contributed by atoms with Gasteiger partial charge in [0.15, 0.2) is 0 Å². The van der Waals surface area contributed by atoms with Gasteiger partial charge in [-0.1, -0.05) is 26.0 Å². The van der Waals surface area contributed by atoms with Crippen molar-refractivity contribution in [1.82, 2.24) is 20.0 Å². The second-order valence-electron chi connectivity index (χ2n) is 9.61. The summed E-state index contributed by atoms with van der Waals surface area (Å²) in [6.07, 6.45) is -1.56. The summed E-state index contributed by atoms with van der Waals surface area (Å²) < 4.78 is 39.2. The van der Waals surface area contributed by atoms with Gasteiger partial charge in [-0.2, -0.15) is 13.2 Å². The Morgan fingerprint density at radius 3 is 2.26 bits per heavy atom. The van der Waals surface area contributed by atoms with Gasteiger partial charge in [0.25, 0.3) is 5.91 Å². The number of piperidine rings is 1. The summed E-state index contributed by atoms with van der Waals surface area (Å²) in [7, 11) is 0. The lowest BCUT2D eigenvalue weighted by Crippen LogP contribution is -2.53. The van der Waals surface area contributed by atoms with Gasteiger partial charge in [-0.05, 0) is 49.8 Å². The first-order valence-electron chi connectivity index (χ1n) is 12.1. The van der Waals surface area contributed by atoms with Gasteiger partial charge in [-0.3, -0.25) is 14.5 Å². The Morgan fingerprint density at radius 1 is 1.09 bits per heavy atom. The summed E-state index contributed by atoms with van der Waals surface area (Å²) >= 11 is 0. The van der Waals surface area contributed by atoms with Crippen molar-refractivity contribution in [2.24, 2.45) is 5.92 Å². The summed E-state index contributed by atoms with van der Waals surface area (Å²) in [4.78, 5) is 45.0. The molecule has 1 aromatic rings. The number of hydrogen-bond donors (Lipinski definition) is 1. The first kappa shape index (κ1) is 25.1. The first-order chi connectivity index (χ1) is 16.5. The van der Waals surface area contributed by atoms with Crippen molar-refractivity contribution >= 4 is 17.8 Å². The SMILES string of the molecule is CCN1C(=O)N[C@H](c2ccc(C(F)(F)F)cc2)C2=C1CN([C@@H](C(=O)N1CCCCC1)C(C)C)C2=O. The lowest BCUT2D eigenvalue weighted by Gasteiger charge is -2.36. The van der Waals surface area contributed by atoms with Crippen molar-refractivity contribution in [2.75, 3.05) is 26.2 Å². The molecule has 1 aromatic carbocycles. The molecular weight excluding hydrogens is 461 g/mol. The number of rotatable bonds is 5. The van der Waals surface area contributed by atoms with Crippen molar-refractivity contribution in [1.29, 1.82) is 0 Å². The minimum atomic E-state index is -4.49. The molecule has 3 aliphatic rings. The zero-order chi connectivity index (χ0) is 25.5. The van der Waals surface area contributed by atoms with Crippen LogP contribution in [-0.4, -0.2) is 64.8 Å².